The number of rotatable bonds is 4. The van der Waals surface area contributed by atoms with Gasteiger partial charge in [0.05, 0.1) is 17.0 Å². The van der Waals surface area contributed by atoms with Crippen molar-refractivity contribution < 1.29 is 14.1 Å². The number of aliphatic hydroxyl groups is 1. The lowest BCUT2D eigenvalue weighted by Gasteiger charge is -2.19. The van der Waals surface area contributed by atoms with Crippen LogP contribution in [0.3, 0.4) is 0 Å². The van der Waals surface area contributed by atoms with Crippen LogP contribution in [0.1, 0.15) is 68.1 Å². The van der Waals surface area contributed by atoms with E-state index < -0.39 is 21.5 Å². The normalized spacial score (nSPS) is 19.1. The maximum absolute atomic E-state index is 13.0. The number of pyridine rings is 1. The van der Waals surface area contributed by atoms with Crippen molar-refractivity contribution >= 4 is 33.0 Å². The Labute approximate surface area is 181 Å². The summed E-state index contributed by atoms with van der Waals surface area (Å²) in [7, 11) is -3.42. The molecule has 0 unspecified atom stereocenters. The third-order valence-electron chi connectivity index (χ3n) is 6.06. The Kier molecular flexibility index (Phi) is 5.08. The summed E-state index contributed by atoms with van der Waals surface area (Å²) in [6, 6.07) is 0.821. The van der Waals surface area contributed by atoms with Crippen LogP contribution in [0.25, 0.3) is 0 Å². The molecule has 4 rings (SSSR count). The molecule has 2 aromatic heterocycles. The number of carbonyl (C=O) groups is 1. The quantitative estimate of drug-likeness (QED) is 0.651. The van der Waals surface area contributed by atoms with Gasteiger partial charge in [-0.2, -0.15) is 0 Å². The second-order valence-corrected chi connectivity index (χ2v) is 12.0. The van der Waals surface area contributed by atoms with Crippen molar-refractivity contribution in [2.75, 3.05) is 5.32 Å². The summed E-state index contributed by atoms with van der Waals surface area (Å²) in [6.07, 6.45) is 4.95. The molecule has 2 aliphatic carbocycles. The number of hydrogen-bond donors (Lipinski definition) is 3. The molecule has 162 valence electrons. The molecule has 0 aromatic carbocycles. The third-order valence-corrected chi connectivity index (χ3v) is 8.92. The molecule has 2 heterocycles. The summed E-state index contributed by atoms with van der Waals surface area (Å²) in [6.45, 7) is 7.44. The first-order chi connectivity index (χ1) is 13.9. The fourth-order valence-electron chi connectivity index (χ4n) is 3.95. The molecule has 7 nitrogen and oxygen atoms in total. The van der Waals surface area contributed by atoms with E-state index in [0.29, 0.717) is 5.56 Å². The Morgan fingerprint density at radius 2 is 2.10 bits per heavy atom. The Morgan fingerprint density at radius 3 is 2.70 bits per heavy atom. The average Bonchev–Trinajstić information content (AvgIpc) is 3.06. The average molecular weight is 449 g/mol. The van der Waals surface area contributed by atoms with Crippen LogP contribution in [0.2, 0.25) is 0 Å². The minimum Gasteiger partial charge on any atom is -0.386 e. The largest absolute Gasteiger partial charge is 0.386 e. The highest BCUT2D eigenvalue weighted by Crippen LogP contribution is 2.50. The first kappa shape index (κ1) is 21.4. The van der Waals surface area contributed by atoms with Crippen LogP contribution >= 0.6 is 11.3 Å². The van der Waals surface area contributed by atoms with Crippen LogP contribution in [0.15, 0.2) is 20.0 Å². The number of nitrogens with one attached hydrogen (secondary N) is 1. The number of fused-ring (bicyclic) bond motifs is 1. The van der Waals surface area contributed by atoms with Crippen LogP contribution < -0.4 is 10.5 Å². The Balaban J connectivity index is 1.67. The summed E-state index contributed by atoms with van der Waals surface area (Å²) in [5.41, 5.74) is 4.41. The number of carbonyl (C=O) groups excluding carboxylic acids is 1. The molecule has 0 saturated heterocycles. The lowest BCUT2D eigenvalue weighted by atomic mass is 9.96. The molecule has 9 heteroatoms. The second kappa shape index (κ2) is 7.12. The maximum Gasteiger partial charge on any atom is 0.354 e. The summed E-state index contributed by atoms with van der Waals surface area (Å²) >= 11 is 1.12. The fourth-order valence-corrected chi connectivity index (χ4v) is 6.23. The van der Waals surface area contributed by atoms with Gasteiger partial charge in [-0.15, -0.1) is 15.7 Å². The van der Waals surface area contributed by atoms with Gasteiger partial charge < -0.3 is 10.4 Å². The highest BCUT2D eigenvalue weighted by Gasteiger charge is 2.43. The summed E-state index contributed by atoms with van der Waals surface area (Å²) in [5.74, 6) is 0. The molecule has 30 heavy (non-hydrogen) atoms. The molecule has 2 aromatic rings. The van der Waals surface area contributed by atoms with Crippen molar-refractivity contribution in [2.45, 2.75) is 75.0 Å². The minimum atomic E-state index is -3.42. The predicted molar refractivity (Wildman–Crippen MR) is 119 cm³/mol. The van der Waals surface area contributed by atoms with E-state index in [2.05, 4.69) is 16.6 Å². The van der Waals surface area contributed by atoms with Gasteiger partial charge in [0.25, 0.3) is 0 Å². The van der Waals surface area contributed by atoms with Gasteiger partial charge in [0.2, 0.25) is 0 Å². The van der Waals surface area contributed by atoms with Crippen molar-refractivity contribution in [3.8, 4) is 0 Å². The molecular formula is C21H28N4O3S2. The van der Waals surface area contributed by atoms with Gasteiger partial charge in [-0.05, 0) is 81.0 Å². The zero-order chi connectivity index (χ0) is 21.9. The third kappa shape index (κ3) is 3.91. The number of amides is 2. The lowest BCUT2D eigenvalue weighted by Crippen LogP contribution is -2.19. The van der Waals surface area contributed by atoms with Gasteiger partial charge >= 0.3 is 6.03 Å². The van der Waals surface area contributed by atoms with Crippen molar-refractivity contribution in [1.82, 2.24) is 4.98 Å². The molecular weight excluding hydrogens is 420 g/mol. The number of nitrogens with two attached hydrogens (primary N) is 1. The number of anilines is 1. The monoisotopic (exact) mass is 448 g/mol. The predicted octanol–water partition coefficient (Wildman–Crippen LogP) is 4.15. The van der Waals surface area contributed by atoms with E-state index in [9.17, 15) is 14.1 Å². The maximum atomic E-state index is 13.0. The van der Waals surface area contributed by atoms with Gasteiger partial charge in [0.1, 0.15) is 4.21 Å². The summed E-state index contributed by atoms with van der Waals surface area (Å²) in [4.78, 5) is 17.6. The van der Waals surface area contributed by atoms with Crippen LogP contribution in [0.4, 0.5) is 10.5 Å². The van der Waals surface area contributed by atoms with Crippen molar-refractivity contribution in [2.24, 2.45) is 9.50 Å². The van der Waals surface area contributed by atoms with Gasteiger partial charge in [-0.1, -0.05) is 6.92 Å². The number of aryl methyl sites for hydroxylation is 1. The molecule has 4 N–H and O–H groups in total. The number of nitrogens with zero attached hydrogens (tertiary/aromatic N) is 2. The molecule has 1 fully saturated rings. The highest BCUT2D eigenvalue weighted by molar-refractivity contribution is 7.93. The van der Waals surface area contributed by atoms with E-state index >= 15 is 0 Å². The number of urea groups is 1. The zero-order valence-corrected chi connectivity index (χ0v) is 19.4. The molecule has 0 radical (unpaired) electrons. The molecule has 0 bridgehead atoms. The molecule has 2 aliphatic rings. The first-order valence-electron chi connectivity index (χ1n) is 10.1. The SMILES string of the molecule is Cc1c(C2(C)CC2)nc2c(c1NC(=O)N=[S@](N)(=O)c1cc(C(C)(C)O)cs1)CCC2. The van der Waals surface area contributed by atoms with Crippen LogP contribution in [0.5, 0.6) is 0 Å². The summed E-state index contributed by atoms with van der Waals surface area (Å²) in [5, 5.41) is 20.6. The number of thiophene rings is 1. The minimum absolute atomic E-state index is 0.0736. The van der Waals surface area contributed by atoms with Crippen molar-refractivity contribution in [3.05, 3.63) is 39.5 Å². The van der Waals surface area contributed by atoms with Crippen LogP contribution in [-0.2, 0) is 33.8 Å². The fraction of sp³-hybridized carbons (Fsp3) is 0.524. The van der Waals surface area contributed by atoms with E-state index in [0.717, 1.165) is 71.6 Å². The van der Waals surface area contributed by atoms with Gasteiger partial charge in [0, 0.05) is 11.1 Å². The van der Waals surface area contributed by atoms with Gasteiger partial charge in [-0.3, -0.25) is 4.98 Å². The molecule has 1 atom stereocenters. The van der Waals surface area contributed by atoms with Gasteiger partial charge in [-0.25, -0.2) is 14.1 Å². The molecule has 0 aliphatic heterocycles. The van der Waals surface area contributed by atoms with Crippen LogP contribution in [0, 0.1) is 6.92 Å². The summed E-state index contributed by atoms with van der Waals surface area (Å²) < 4.78 is 17.0. The second-order valence-electron chi connectivity index (χ2n) is 9.10. The molecule has 2 amide bonds. The topological polar surface area (TPSA) is 118 Å². The molecule has 1 saturated carbocycles. The zero-order valence-electron chi connectivity index (χ0n) is 17.7. The van der Waals surface area contributed by atoms with E-state index in [1.807, 2.05) is 6.92 Å². The highest BCUT2D eigenvalue weighted by atomic mass is 32.2. The van der Waals surface area contributed by atoms with E-state index in [-0.39, 0.29) is 9.62 Å². The van der Waals surface area contributed by atoms with E-state index in [1.54, 1.807) is 25.3 Å². The van der Waals surface area contributed by atoms with Crippen molar-refractivity contribution in [3.63, 3.8) is 0 Å². The lowest BCUT2D eigenvalue weighted by molar-refractivity contribution is 0.0789. The van der Waals surface area contributed by atoms with E-state index in [4.69, 9.17) is 10.1 Å². The Morgan fingerprint density at radius 1 is 1.40 bits per heavy atom. The Bertz CT molecular complexity index is 1150. The van der Waals surface area contributed by atoms with Crippen LogP contribution in [-0.4, -0.2) is 20.3 Å². The van der Waals surface area contributed by atoms with Gasteiger partial charge in [0.15, 0.2) is 9.92 Å². The first-order valence-corrected chi connectivity index (χ1v) is 12.6. The standard InChI is InChI=1S/C21H28N4O3S2/c1-12-17(14-6-5-7-15(14)23-18(12)21(4)8-9-21)24-19(26)25-30(22,28)16-10-13(11-29-16)20(2,3)27/h10-11,27H,5-9H2,1-4H3,(H3,22,23,24,25,26,28)/t30-/m0/s1. The Hall–Kier alpha value is -1.81. The number of aromatic nitrogens is 1. The number of hydrogen-bond acceptors (Lipinski definition) is 5. The smallest absolute Gasteiger partial charge is 0.354 e. The van der Waals surface area contributed by atoms with Crippen molar-refractivity contribution in [1.29, 1.82) is 0 Å². The molecule has 0 spiro atoms. The van der Waals surface area contributed by atoms with E-state index in [1.165, 1.54) is 0 Å².